The third-order valence-electron chi connectivity index (χ3n) is 5.23. The number of hydrogen-bond acceptors (Lipinski definition) is 5. The molecule has 8 nitrogen and oxygen atoms in total. The van der Waals surface area contributed by atoms with Crippen molar-refractivity contribution >= 4 is 24.2 Å². The monoisotopic (exact) mass is 445 g/mol. The summed E-state index contributed by atoms with van der Waals surface area (Å²) >= 11 is 0. The molecule has 1 heterocycles. The highest BCUT2D eigenvalue weighted by Gasteiger charge is 2.39. The number of aldehydes is 1. The summed E-state index contributed by atoms with van der Waals surface area (Å²) in [5.41, 5.74) is 0.249. The van der Waals surface area contributed by atoms with Crippen molar-refractivity contribution in [1.29, 1.82) is 0 Å². The molecule has 0 aliphatic carbocycles. The van der Waals surface area contributed by atoms with Crippen molar-refractivity contribution in [3.8, 4) is 0 Å². The average Bonchev–Trinajstić information content (AvgIpc) is 3.20. The van der Waals surface area contributed by atoms with Crippen LogP contribution in [0.5, 0.6) is 0 Å². The van der Waals surface area contributed by atoms with Gasteiger partial charge in [0.1, 0.15) is 24.0 Å². The van der Waals surface area contributed by atoms with Crippen molar-refractivity contribution < 1.29 is 23.9 Å². The third kappa shape index (κ3) is 7.35. The SMILES string of the molecule is CC(C)[C@H](NC(=O)OC(C)(C)C)C(=O)N1CCC[C@H]1C(=O)N[C@H](C=O)Cc1ccccc1. The Labute approximate surface area is 190 Å². The lowest BCUT2D eigenvalue weighted by Gasteiger charge is -2.31. The average molecular weight is 446 g/mol. The highest BCUT2D eigenvalue weighted by Crippen LogP contribution is 2.21. The number of nitrogens with zero attached hydrogens (tertiary/aromatic N) is 1. The minimum absolute atomic E-state index is 0.194. The Kier molecular flexibility index (Phi) is 8.80. The second kappa shape index (κ2) is 11.1. The topological polar surface area (TPSA) is 105 Å². The maximum absolute atomic E-state index is 13.3. The molecule has 2 N–H and O–H groups in total. The van der Waals surface area contributed by atoms with Crippen molar-refractivity contribution in [3.05, 3.63) is 35.9 Å². The molecule has 0 aromatic heterocycles. The number of hydrogen-bond donors (Lipinski definition) is 2. The van der Waals surface area contributed by atoms with Gasteiger partial charge in [-0.3, -0.25) is 9.59 Å². The van der Waals surface area contributed by atoms with E-state index in [1.807, 2.05) is 44.2 Å². The largest absolute Gasteiger partial charge is 0.444 e. The van der Waals surface area contributed by atoms with Gasteiger partial charge in [-0.2, -0.15) is 0 Å². The van der Waals surface area contributed by atoms with Gasteiger partial charge in [0, 0.05) is 6.54 Å². The molecule has 1 aromatic rings. The Morgan fingerprint density at radius 2 is 1.81 bits per heavy atom. The number of carbonyl (C=O) groups is 4. The smallest absolute Gasteiger partial charge is 0.408 e. The highest BCUT2D eigenvalue weighted by atomic mass is 16.6. The molecular formula is C24H35N3O5. The first-order valence-electron chi connectivity index (χ1n) is 11.1. The molecule has 176 valence electrons. The van der Waals surface area contributed by atoms with Gasteiger partial charge in [-0.15, -0.1) is 0 Å². The van der Waals surface area contributed by atoms with Crippen LogP contribution in [-0.2, 0) is 25.5 Å². The van der Waals surface area contributed by atoms with E-state index in [0.29, 0.717) is 32.1 Å². The summed E-state index contributed by atoms with van der Waals surface area (Å²) in [6.07, 6.45) is 1.60. The van der Waals surface area contributed by atoms with Crippen molar-refractivity contribution in [3.63, 3.8) is 0 Å². The standard InChI is InChI=1S/C24H35N3O5/c1-16(2)20(26-23(31)32-24(3,4)5)22(30)27-13-9-12-19(27)21(29)25-18(15-28)14-17-10-7-6-8-11-17/h6-8,10-11,15-16,18-20H,9,12-14H2,1-5H3,(H,25,29)(H,26,31)/t18-,19-,20-/m0/s1. The van der Waals surface area contributed by atoms with E-state index >= 15 is 0 Å². The van der Waals surface area contributed by atoms with E-state index < -0.39 is 29.8 Å². The first kappa shape index (κ1) is 25.4. The number of benzene rings is 1. The number of likely N-dealkylation sites (tertiary alicyclic amines) is 1. The van der Waals surface area contributed by atoms with E-state index in [4.69, 9.17) is 4.74 Å². The van der Waals surface area contributed by atoms with Gasteiger partial charge in [0.25, 0.3) is 0 Å². The Morgan fingerprint density at radius 3 is 2.38 bits per heavy atom. The van der Waals surface area contributed by atoms with Crippen LogP contribution in [0.15, 0.2) is 30.3 Å². The Bertz CT molecular complexity index is 804. The molecule has 1 aliphatic rings. The first-order chi connectivity index (χ1) is 15.0. The second-order valence-corrected chi connectivity index (χ2v) is 9.50. The van der Waals surface area contributed by atoms with Crippen molar-refractivity contribution in [1.82, 2.24) is 15.5 Å². The Morgan fingerprint density at radius 1 is 1.16 bits per heavy atom. The predicted octanol–water partition coefficient (Wildman–Crippen LogP) is 2.45. The number of ether oxygens (including phenoxy) is 1. The van der Waals surface area contributed by atoms with Crippen LogP contribution >= 0.6 is 0 Å². The van der Waals surface area contributed by atoms with Crippen molar-refractivity contribution in [2.45, 2.75) is 77.6 Å². The van der Waals surface area contributed by atoms with E-state index in [-0.39, 0.29) is 17.7 Å². The van der Waals surface area contributed by atoms with Gasteiger partial charge in [-0.1, -0.05) is 44.2 Å². The molecule has 0 spiro atoms. The fraction of sp³-hybridized carbons (Fsp3) is 0.583. The maximum Gasteiger partial charge on any atom is 0.408 e. The van der Waals surface area contributed by atoms with Crippen LogP contribution in [0.2, 0.25) is 0 Å². The lowest BCUT2D eigenvalue weighted by Crippen LogP contribution is -2.56. The highest BCUT2D eigenvalue weighted by molar-refractivity contribution is 5.92. The lowest BCUT2D eigenvalue weighted by atomic mass is 10.0. The summed E-state index contributed by atoms with van der Waals surface area (Å²) in [5, 5.41) is 5.42. The van der Waals surface area contributed by atoms with Crippen LogP contribution in [0, 0.1) is 5.92 Å². The summed E-state index contributed by atoms with van der Waals surface area (Å²) in [4.78, 5) is 51.5. The summed E-state index contributed by atoms with van der Waals surface area (Å²) in [5.74, 6) is -0.877. The molecule has 0 saturated carbocycles. The van der Waals surface area contributed by atoms with Crippen molar-refractivity contribution in [2.24, 2.45) is 5.92 Å². The molecule has 2 rings (SSSR count). The van der Waals surface area contributed by atoms with Crippen LogP contribution in [-0.4, -0.2) is 59.4 Å². The fourth-order valence-corrected chi connectivity index (χ4v) is 3.71. The van der Waals surface area contributed by atoms with E-state index in [9.17, 15) is 19.2 Å². The molecule has 3 amide bonds. The van der Waals surface area contributed by atoms with Crippen LogP contribution in [0.25, 0.3) is 0 Å². The minimum Gasteiger partial charge on any atom is -0.444 e. The molecule has 0 radical (unpaired) electrons. The molecule has 1 aromatic carbocycles. The summed E-state index contributed by atoms with van der Waals surface area (Å²) in [6.45, 7) is 9.32. The number of rotatable bonds is 8. The minimum atomic E-state index is -0.815. The van der Waals surface area contributed by atoms with Crippen LogP contribution in [0.3, 0.4) is 0 Å². The first-order valence-corrected chi connectivity index (χ1v) is 11.1. The maximum atomic E-state index is 13.3. The molecule has 1 fully saturated rings. The zero-order chi connectivity index (χ0) is 23.9. The zero-order valence-electron chi connectivity index (χ0n) is 19.6. The Balaban J connectivity index is 2.06. The van der Waals surface area contributed by atoms with Gasteiger partial charge >= 0.3 is 6.09 Å². The molecule has 0 bridgehead atoms. The lowest BCUT2D eigenvalue weighted by molar-refractivity contribution is -0.141. The number of amides is 3. The zero-order valence-corrected chi connectivity index (χ0v) is 19.6. The molecule has 1 saturated heterocycles. The van der Waals surface area contributed by atoms with E-state index in [2.05, 4.69) is 10.6 Å². The molecule has 1 aliphatic heterocycles. The van der Waals surface area contributed by atoms with E-state index in [1.54, 1.807) is 20.8 Å². The van der Waals surface area contributed by atoms with Gasteiger partial charge < -0.3 is 25.1 Å². The third-order valence-corrected chi connectivity index (χ3v) is 5.23. The van der Waals surface area contributed by atoms with Crippen LogP contribution < -0.4 is 10.6 Å². The number of carbonyl (C=O) groups excluding carboxylic acids is 4. The Hall–Kier alpha value is -2.90. The van der Waals surface area contributed by atoms with E-state index in [1.165, 1.54) is 4.90 Å². The van der Waals surface area contributed by atoms with Crippen LogP contribution in [0.1, 0.15) is 53.0 Å². The number of nitrogens with one attached hydrogen (secondary N) is 2. The van der Waals surface area contributed by atoms with Gasteiger partial charge in [0.05, 0.1) is 6.04 Å². The summed E-state index contributed by atoms with van der Waals surface area (Å²) in [7, 11) is 0. The quantitative estimate of drug-likeness (QED) is 0.598. The number of alkyl carbamates (subject to hydrolysis) is 1. The normalized spacial score (nSPS) is 18.1. The van der Waals surface area contributed by atoms with Gasteiger partial charge in [0.2, 0.25) is 11.8 Å². The molecule has 8 heteroatoms. The molecule has 0 unspecified atom stereocenters. The second-order valence-electron chi connectivity index (χ2n) is 9.50. The predicted molar refractivity (Wildman–Crippen MR) is 121 cm³/mol. The van der Waals surface area contributed by atoms with Gasteiger partial charge in [-0.25, -0.2) is 4.79 Å². The van der Waals surface area contributed by atoms with Gasteiger partial charge in [-0.05, 0) is 51.5 Å². The molecule has 32 heavy (non-hydrogen) atoms. The van der Waals surface area contributed by atoms with Crippen molar-refractivity contribution in [2.75, 3.05) is 6.54 Å². The van der Waals surface area contributed by atoms with Crippen LogP contribution in [0.4, 0.5) is 4.79 Å². The molecular weight excluding hydrogens is 410 g/mol. The van der Waals surface area contributed by atoms with E-state index in [0.717, 1.165) is 5.56 Å². The molecule has 3 atom stereocenters. The summed E-state index contributed by atoms with van der Waals surface area (Å²) in [6, 6.07) is 7.25. The fourth-order valence-electron chi connectivity index (χ4n) is 3.71. The summed E-state index contributed by atoms with van der Waals surface area (Å²) < 4.78 is 5.29. The van der Waals surface area contributed by atoms with Gasteiger partial charge in [0.15, 0.2) is 0 Å².